The number of benzene rings is 3. The fourth-order valence-electron chi connectivity index (χ4n) is 2.05. The Hall–Kier alpha value is -2.11. The summed E-state index contributed by atoms with van der Waals surface area (Å²) in [6.45, 7) is 0. The van der Waals surface area contributed by atoms with Crippen LogP contribution >= 0.6 is 27.3 Å². The number of phenolic OH excluding ortho intramolecular Hbond substituents is 2. The van der Waals surface area contributed by atoms with Gasteiger partial charge in [0, 0.05) is 4.47 Å². The molecule has 110 valence electrons. The Bertz CT molecular complexity index is 895. The zero-order valence-electron chi connectivity index (χ0n) is 11.4. The summed E-state index contributed by atoms with van der Waals surface area (Å²) in [5, 5.41) is 20.4. The summed E-state index contributed by atoms with van der Waals surface area (Å²) < 4.78 is 2.08. The van der Waals surface area contributed by atoms with Crippen LogP contribution in [0.4, 0.5) is 0 Å². The van der Waals surface area contributed by atoms with Gasteiger partial charge in [0.15, 0.2) is 0 Å². The number of fused-ring (bicyclic) bond motifs is 2. The molecule has 2 N–H and O–H groups in total. The second-order valence-corrected chi connectivity index (χ2v) is 6.48. The van der Waals surface area contributed by atoms with Crippen LogP contribution in [0.25, 0.3) is 21.0 Å². The zero-order chi connectivity index (χ0) is 15.5. The lowest BCUT2D eigenvalue weighted by atomic mass is 10.1. The Balaban J connectivity index is 0.000000133. The number of halogens is 1. The van der Waals surface area contributed by atoms with E-state index in [4.69, 9.17) is 5.11 Å². The Morgan fingerprint density at radius 1 is 0.818 bits per heavy atom. The molecule has 3 nitrogen and oxygen atoms in total. The molecule has 0 bridgehead atoms. The highest BCUT2D eigenvalue weighted by Gasteiger charge is 1.95. The van der Waals surface area contributed by atoms with Crippen molar-refractivity contribution in [1.82, 2.24) is 4.98 Å². The van der Waals surface area contributed by atoms with E-state index in [0.29, 0.717) is 11.5 Å². The van der Waals surface area contributed by atoms with Gasteiger partial charge in [-0.15, -0.1) is 11.3 Å². The third kappa shape index (κ3) is 3.37. The number of thiazole rings is 1. The molecule has 0 amide bonds. The van der Waals surface area contributed by atoms with Crippen molar-refractivity contribution >= 4 is 48.3 Å². The molecule has 0 saturated heterocycles. The van der Waals surface area contributed by atoms with Gasteiger partial charge in [0.25, 0.3) is 0 Å². The van der Waals surface area contributed by atoms with E-state index in [1.165, 1.54) is 11.3 Å². The van der Waals surface area contributed by atoms with Crippen molar-refractivity contribution in [2.45, 2.75) is 0 Å². The maximum absolute atomic E-state index is 9.19. The smallest absolute Gasteiger partial charge is 0.117 e. The second-order valence-electron chi connectivity index (χ2n) is 4.68. The van der Waals surface area contributed by atoms with Gasteiger partial charge in [-0.1, -0.05) is 28.1 Å². The van der Waals surface area contributed by atoms with Crippen LogP contribution in [0.5, 0.6) is 11.5 Å². The van der Waals surface area contributed by atoms with Gasteiger partial charge in [0.05, 0.1) is 15.7 Å². The Labute approximate surface area is 139 Å². The molecule has 0 aliphatic rings. The molecular formula is C17H12BrNO2S. The molecule has 0 spiro atoms. The average molecular weight is 374 g/mol. The van der Waals surface area contributed by atoms with Crippen LogP contribution in [-0.4, -0.2) is 15.2 Å². The molecule has 0 radical (unpaired) electrons. The second kappa shape index (κ2) is 6.34. The number of phenols is 2. The van der Waals surface area contributed by atoms with Crippen molar-refractivity contribution in [2.24, 2.45) is 0 Å². The van der Waals surface area contributed by atoms with Gasteiger partial charge in [-0.2, -0.15) is 0 Å². The SMILES string of the molecule is Oc1ccc2cc(Br)ccc2c1.Oc1ccc2ncsc2c1. The van der Waals surface area contributed by atoms with Gasteiger partial charge in [-0.25, -0.2) is 4.98 Å². The van der Waals surface area contributed by atoms with E-state index in [0.717, 1.165) is 25.5 Å². The summed E-state index contributed by atoms with van der Waals surface area (Å²) in [6.07, 6.45) is 0. The summed E-state index contributed by atoms with van der Waals surface area (Å²) in [5.74, 6) is 0.613. The van der Waals surface area contributed by atoms with E-state index in [-0.39, 0.29) is 0 Å². The first-order valence-electron chi connectivity index (χ1n) is 6.52. The number of aromatic hydroxyl groups is 2. The maximum atomic E-state index is 9.19. The van der Waals surface area contributed by atoms with Crippen LogP contribution in [0.1, 0.15) is 0 Å². The quantitative estimate of drug-likeness (QED) is 0.439. The van der Waals surface area contributed by atoms with Crippen molar-refractivity contribution in [2.75, 3.05) is 0 Å². The van der Waals surface area contributed by atoms with E-state index in [2.05, 4.69) is 20.9 Å². The van der Waals surface area contributed by atoms with Crippen LogP contribution < -0.4 is 0 Å². The molecular weight excluding hydrogens is 362 g/mol. The molecule has 5 heteroatoms. The lowest BCUT2D eigenvalue weighted by Crippen LogP contribution is -1.71. The molecule has 0 unspecified atom stereocenters. The normalized spacial score (nSPS) is 10.4. The predicted molar refractivity (Wildman–Crippen MR) is 94.6 cm³/mol. The Morgan fingerprint density at radius 3 is 2.36 bits per heavy atom. The van der Waals surface area contributed by atoms with Crippen LogP contribution in [0.2, 0.25) is 0 Å². The average Bonchev–Trinajstić information content (AvgIpc) is 2.95. The molecule has 1 heterocycles. The zero-order valence-corrected chi connectivity index (χ0v) is 13.8. The van der Waals surface area contributed by atoms with Gasteiger partial charge >= 0.3 is 0 Å². The third-order valence-electron chi connectivity index (χ3n) is 3.10. The molecule has 0 aliphatic heterocycles. The molecule has 22 heavy (non-hydrogen) atoms. The molecule has 0 saturated carbocycles. The first kappa shape index (κ1) is 14.8. The highest BCUT2D eigenvalue weighted by Crippen LogP contribution is 2.23. The van der Waals surface area contributed by atoms with E-state index < -0.39 is 0 Å². The summed E-state index contributed by atoms with van der Waals surface area (Å²) in [6, 6.07) is 16.5. The summed E-state index contributed by atoms with van der Waals surface area (Å²) in [4.78, 5) is 4.07. The minimum atomic E-state index is 0.303. The molecule has 3 aromatic carbocycles. The number of aromatic nitrogens is 1. The minimum absolute atomic E-state index is 0.303. The standard InChI is InChI=1S/C10H7BrO.C7H5NOS/c11-9-3-1-8-6-10(12)4-2-7(8)5-9;9-5-1-2-6-7(3-5)10-4-8-6/h1-6,12H;1-4,9H. The maximum Gasteiger partial charge on any atom is 0.117 e. The number of hydrogen-bond acceptors (Lipinski definition) is 4. The van der Waals surface area contributed by atoms with Gasteiger partial charge in [-0.3, -0.25) is 0 Å². The van der Waals surface area contributed by atoms with Crippen LogP contribution in [0.3, 0.4) is 0 Å². The first-order valence-corrected chi connectivity index (χ1v) is 8.19. The third-order valence-corrected chi connectivity index (χ3v) is 4.39. The Kier molecular flexibility index (Phi) is 4.27. The fourth-order valence-corrected chi connectivity index (χ4v) is 3.14. The van der Waals surface area contributed by atoms with E-state index >= 15 is 0 Å². The molecule has 0 fully saturated rings. The highest BCUT2D eigenvalue weighted by molar-refractivity contribution is 9.10. The van der Waals surface area contributed by atoms with Crippen molar-refractivity contribution < 1.29 is 10.2 Å². The van der Waals surface area contributed by atoms with Gasteiger partial charge in [0.2, 0.25) is 0 Å². The largest absolute Gasteiger partial charge is 0.508 e. The number of rotatable bonds is 0. The predicted octanol–water partition coefficient (Wildman–Crippen LogP) is 5.31. The van der Waals surface area contributed by atoms with Crippen molar-refractivity contribution in [1.29, 1.82) is 0 Å². The summed E-state index contributed by atoms with van der Waals surface area (Å²) in [5.41, 5.74) is 2.72. The van der Waals surface area contributed by atoms with Crippen molar-refractivity contribution in [3.63, 3.8) is 0 Å². The molecule has 1 aromatic heterocycles. The van der Waals surface area contributed by atoms with E-state index in [1.54, 1.807) is 35.8 Å². The monoisotopic (exact) mass is 373 g/mol. The van der Waals surface area contributed by atoms with Crippen LogP contribution in [0.15, 0.2) is 64.6 Å². The van der Waals surface area contributed by atoms with Crippen molar-refractivity contribution in [3.05, 3.63) is 64.6 Å². The van der Waals surface area contributed by atoms with Gasteiger partial charge in [0.1, 0.15) is 11.5 Å². The topological polar surface area (TPSA) is 53.4 Å². The Morgan fingerprint density at radius 2 is 1.50 bits per heavy atom. The summed E-state index contributed by atoms with van der Waals surface area (Å²) in [7, 11) is 0. The van der Waals surface area contributed by atoms with Crippen LogP contribution in [-0.2, 0) is 0 Å². The van der Waals surface area contributed by atoms with Crippen molar-refractivity contribution in [3.8, 4) is 11.5 Å². The molecule has 4 rings (SSSR count). The van der Waals surface area contributed by atoms with Crippen LogP contribution in [0, 0.1) is 0 Å². The van der Waals surface area contributed by atoms with E-state index in [1.807, 2.05) is 24.3 Å². The highest BCUT2D eigenvalue weighted by atomic mass is 79.9. The van der Waals surface area contributed by atoms with Gasteiger partial charge in [-0.05, 0) is 53.2 Å². The fraction of sp³-hybridized carbons (Fsp3) is 0. The lowest BCUT2D eigenvalue weighted by molar-refractivity contribution is 0.475. The number of nitrogens with zero attached hydrogens (tertiary/aromatic N) is 1. The number of hydrogen-bond donors (Lipinski definition) is 2. The lowest BCUT2D eigenvalue weighted by Gasteiger charge is -1.98. The first-order chi connectivity index (χ1) is 10.6. The minimum Gasteiger partial charge on any atom is -0.508 e. The molecule has 0 aliphatic carbocycles. The van der Waals surface area contributed by atoms with Gasteiger partial charge < -0.3 is 10.2 Å². The van der Waals surface area contributed by atoms with E-state index in [9.17, 15) is 5.11 Å². The molecule has 4 aromatic rings. The summed E-state index contributed by atoms with van der Waals surface area (Å²) >= 11 is 4.92. The molecule has 0 atom stereocenters.